The highest BCUT2D eigenvalue weighted by molar-refractivity contribution is 5.89. The SMILES string of the molecule is Cc1cc(C)c2c(c1)C=CC(C)(C)N=C2. The minimum absolute atomic E-state index is 0.0840. The lowest BCUT2D eigenvalue weighted by Gasteiger charge is -2.11. The Hall–Kier alpha value is -1.37. The number of nitrogens with zero attached hydrogens (tertiary/aromatic N) is 1. The normalized spacial score (nSPS) is 17.3. The summed E-state index contributed by atoms with van der Waals surface area (Å²) in [6.45, 7) is 8.51. The molecule has 1 aliphatic heterocycles. The van der Waals surface area contributed by atoms with Crippen molar-refractivity contribution in [3.8, 4) is 0 Å². The zero-order valence-electron chi connectivity index (χ0n) is 9.83. The van der Waals surface area contributed by atoms with Gasteiger partial charge >= 0.3 is 0 Å². The van der Waals surface area contributed by atoms with Crippen LogP contribution in [0.5, 0.6) is 0 Å². The molecule has 0 amide bonds. The Morgan fingerprint density at radius 1 is 1.13 bits per heavy atom. The van der Waals surface area contributed by atoms with Crippen molar-refractivity contribution in [2.45, 2.75) is 33.2 Å². The Balaban J connectivity index is 2.63. The third kappa shape index (κ3) is 2.01. The van der Waals surface area contributed by atoms with Crippen LogP contribution in [0.4, 0.5) is 0 Å². The molecule has 78 valence electrons. The third-order valence-corrected chi connectivity index (χ3v) is 2.76. The summed E-state index contributed by atoms with van der Waals surface area (Å²) >= 11 is 0. The number of hydrogen-bond acceptors (Lipinski definition) is 1. The summed E-state index contributed by atoms with van der Waals surface area (Å²) in [5.74, 6) is 0. The lowest BCUT2D eigenvalue weighted by atomic mass is 9.99. The van der Waals surface area contributed by atoms with Gasteiger partial charge in [0, 0.05) is 11.8 Å². The molecule has 0 radical (unpaired) electrons. The van der Waals surface area contributed by atoms with Gasteiger partial charge in [0.1, 0.15) is 0 Å². The van der Waals surface area contributed by atoms with Gasteiger partial charge < -0.3 is 0 Å². The number of aryl methyl sites for hydroxylation is 2. The zero-order chi connectivity index (χ0) is 11.1. The van der Waals surface area contributed by atoms with Crippen LogP contribution in [-0.2, 0) is 0 Å². The van der Waals surface area contributed by atoms with E-state index in [9.17, 15) is 0 Å². The molecule has 0 saturated carbocycles. The number of hydrogen-bond donors (Lipinski definition) is 0. The maximum absolute atomic E-state index is 4.58. The fourth-order valence-corrected chi connectivity index (χ4v) is 1.89. The van der Waals surface area contributed by atoms with Crippen molar-refractivity contribution in [3.63, 3.8) is 0 Å². The van der Waals surface area contributed by atoms with E-state index in [0.29, 0.717) is 0 Å². The van der Waals surface area contributed by atoms with E-state index >= 15 is 0 Å². The monoisotopic (exact) mass is 199 g/mol. The van der Waals surface area contributed by atoms with Gasteiger partial charge in [0.25, 0.3) is 0 Å². The highest BCUT2D eigenvalue weighted by Crippen LogP contribution is 2.23. The van der Waals surface area contributed by atoms with E-state index < -0.39 is 0 Å². The van der Waals surface area contributed by atoms with Crippen molar-refractivity contribution in [2.24, 2.45) is 4.99 Å². The van der Waals surface area contributed by atoms with E-state index in [-0.39, 0.29) is 5.54 Å². The molecule has 1 heteroatoms. The van der Waals surface area contributed by atoms with Crippen molar-refractivity contribution in [2.75, 3.05) is 0 Å². The topological polar surface area (TPSA) is 12.4 Å². The molecular weight excluding hydrogens is 182 g/mol. The maximum Gasteiger partial charge on any atom is 0.0735 e. The molecule has 0 aliphatic carbocycles. The number of benzene rings is 1. The van der Waals surface area contributed by atoms with Gasteiger partial charge in [-0.15, -0.1) is 0 Å². The van der Waals surface area contributed by atoms with Crippen molar-refractivity contribution < 1.29 is 0 Å². The number of aliphatic imine (C=N–C) groups is 1. The third-order valence-electron chi connectivity index (χ3n) is 2.76. The van der Waals surface area contributed by atoms with E-state index in [1.54, 1.807) is 0 Å². The van der Waals surface area contributed by atoms with Gasteiger partial charge in [-0.25, -0.2) is 0 Å². The predicted octanol–water partition coefficient (Wildman–Crippen LogP) is 3.53. The summed E-state index contributed by atoms with van der Waals surface area (Å²) in [5.41, 5.74) is 5.06. The first-order valence-corrected chi connectivity index (χ1v) is 5.34. The van der Waals surface area contributed by atoms with Crippen molar-refractivity contribution in [1.29, 1.82) is 0 Å². The summed E-state index contributed by atoms with van der Waals surface area (Å²) in [6, 6.07) is 4.42. The van der Waals surface area contributed by atoms with Crippen LogP contribution < -0.4 is 0 Å². The molecule has 0 bridgehead atoms. The van der Waals surface area contributed by atoms with Crippen LogP contribution in [-0.4, -0.2) is 11.8 Å². The lowest BCUT2D eigenvalue weighted by molar-refractivity contribution is 0.665. The minimum atomic E-state index is -0.0840. The average Bonchev–Trinajstić information content (AvgIpc) is 2.26. The Bertz CT molecular complexity index is 451. The fraction of sp³-hybridized carbons (Fsp3) is 0.357. The van der Waals surface area contributed by atoms with Gasteiger partial charge in [0.15, 0.2) is 0 Å². The summed E-state index contributed by atoms with van der Waals surface area (Å²) < 4.78 is 0. The molecule has 0 unspecified atom stereocenters. The van der Waals surface area contributed by atoms with Crippen LogP contribution in [0.1, 0.15) is 36.1 Å². The van der Waals surface area contributed by atoms with Crippen LogP contribution in [0, 0.1) is 13.8 Å². The molecule has 0 fully saturated rings. The summed E-state index contributed by atoms with van der Waals surface area (Å²) in [6.07, 6.45) is 6.35. The van der Waals surface area contributed by atoms with Crippen molar-refractivity contribution in [1.82, 2.24) is 0 Å². The largest absolute Gasteiger partial charge is 0.282 e. The van der Waals surface area contributed by atoms with Crippen LogP contribution in [0.15, 0.2) is 23.2 Å². The van der Waals surface area contributed by atoms with Crippen LogP contribution in [0.3, 0.4) is 0 Å². The average molecular weight is 199 g/mol. The molecule has 2 rings (SSSR count). The first-order chi connectivity index (χ1) is 6.98. The summed E-state index contributed by atoms with van der Waals surface area (Å²) in [5, 5.41) is 0. The van der Waals surface area contributed by atoms with E-state index in [4.69, 9.17) is 0 Å². The zero-order valence-corrected chi connectivity index (χ0v) is 9.83. The van der Waals surface area contributed by atoms with E-state index in [2.05, 4.69) is 57.0 Å². The van der Waals surface area contributed by atoms with Crippen molar-refractivity contribution in [3.05, 3.63) is 40.5 Å². The molecule has 0 N–H and O–H groups in total. The number of fused-ring (bicyclic) bond motifs is 1. The summed E-state index contributed by atoms with van der Waals surface area (Å²) in [4.78, 5) is 4.58. The second-order valence-electron chi connectivity index (χ2n) is 4.83. The van der Waals surface area contributed by atoms with Gasteiger partial charge in [-0.3, -0.25) is 4.99 Å². The Morgan fingerprint density at radius 2 is 1.87 bits per heavy atom. The van der Waals surface area contributed by atoms with E-state index in [1.807, 2.05) is 6.21 Å². The quantitative estimate of drug-likeness (QED) is 0.606. The second kappa shape index (κ2) is 3.34. The standard InChI is InChI=1S/C14H17N/c1-10-7-11(2)13-9-15-14(3,4)6-5-12(13)8-10/h5-9H,1-4H3. The smallest absolute Gasteiger partial charge is 0.0735 e. The molecule has 1 heterocycles. The molecule has 15 heavy (non-hydrogen) atoms. The van der Waals surface area contributed by atoms with Gasteiger partial charge in [-0.2, -0.15) is 0 Å². The molecule has 0 saturated heterocycles. The Labute approximate surface area is 91.6 Å². The maximum atomic E-state index is 4.58. The first kappa shape index (κ1) is 10.2. The highest BCUT2D eigenvalue weighted by atomic mass is 14.8. The molecule has 0 spiro atoms. The van der Waals surface area contributed by atoms with Crippen LogP contribution in [0.25, 0.3) is 6.08 Å². The van der Waals surface area contributed by atoms with Gasteiger partial charge in [0.2, 0.25) is 0 Å². The van der Waals surface area contributed by atoms with Gasteiger partial charge in [-0.05, 0) is 38.8 Å². The Morgan fingerprint density at radius 3 is 2.60 bits per heavy atom. The first-order valence-electron chi connectivity index (χ1n) is 5.34. The molecule has 0 atom stereocenters. The van der Waals surface area contributed by atoms with Gasteiger partial charge in [0.05, 0.1) is 5.54 Å². The molecule has 1 aliphatic rings. The van der Waals surface area contributed by atoms with Crippen LogP contribution >= 0.6 is 0 Å². The van der Waals surface area contributed by atoms with E-state index in [0.717, 1.165) is 0 Å². The summed E-state index contributed by atoms with van der Waals surface area (Å²) in [7, 11) is 0. The fourth-order valence-electron chi connectivity index (χ4n) is 1.89. The van der Waals surface area contributed by atoms with Crippen molar-refractivity contribution >= 4 is 12.3 Å². The molecule has 0 aromatic heterocycles. The molecule has 1 aromatic rings. The minimum Gasteiger partial charge on any atom is -0.282 e. The molecule has 1 aromatic carbocycles. The predicted molar refractivity (Wildman–Crippen MR) is 66.6 cm³/mol. The van der Waals surface area contributed by atoms with E-state index in [1.165, 1.54) is 22.3 Å². The second-order valence-corrected chi connectivity index (χ2v) is 4.83. The van der Waals surface area contributed by atoms with Crippen LogP contribution in [0.2, 0.25) is 0 Å². The Kier molecular flexibility index (Phi) is 2.26. The highest BCUT2D eigenvalue weighted by Gasteiger charge is 2.14. The molecule has 1 nitrogen and oxygen atoms in total. The lowest BCUT2D eigenvalue weighted by Crippen LogP contribution is -2.11. The molecular formula is C14H17N. The number of rotatable bonds is 0. The van der Waals surface area contributed by atoms with Gasteiger partial charge in [-0.1, -0.05) is 29.8 Å².